The molecule has 1 aliphatic heterocycles. The first-order valence-corrected chi connectivity index (χ1v) is 7.11. The fraction of sp³-hybridized carbons (Fsp3) is 0.200. The third kappa shape index (κ3) is 2.65. The van der Waals surface area contributed by atoms with Gasteiger partial charge >= 0.3 is 0 Å². The normalized spacial score (nSPS) is 17.5. The van der Waals surface area contributed by atoms with Gasteiger partial charge in [-0.3, -0.25) is 0 Å². The topological polar surface area (TPSA) is 12.0 Å². The lowest BCUT2D eigenvalue weighted by Crippen LogP contribution is -2.21. The number of halogens is 2. The van der Waals surface area contributed by atoms with E-state index in [-0.39, 0.29) is 11.9 Å². The van der Waals surface area contributed by atoms with Crippen LogP contribution in [-0.4, -0.2) is 5.75 Å². The Morgan fingerprint density at radius 3 is 2.89 bits per heavy atom. The van der Waals surface area contributed by atoms with Crippen molar-refractivity contribution in [1.29, 1.82) is 0 Å². The van der Waals surface area contributed by atoms with Gasteiger partial charge in [-0.2, -0.15) is 0 Å². The van der Waals surface area contributed by atoms with Crippen LogP contribution in [0, 0.1) is 11.6 Å². The quantitative estimate of drug-likeness (QED) is 0.913. The van der Waals surface area contributed by atoms with Crippen molar-refractivity contribution in [3.05, 3.63) is 65.2 Å². The molecule has 0 aliphatic carbocycles. The van der Waals surface area contributed by atoms with Gasteiger partial charge in [0.15, 0.2) is 0 Å². The second kappa shape index (κ2) is 5.31. The smallest absolute Gasteiger partial charge is 0.127 e. The van der Waals surface area contributed by atoms with Gasteiger partial charge in [-0.05, 0) is 29.8 Å². The SMILES string of the molecule is Fc1ccc(F)c(CNC2CSc3ccccc32)c1. The monoisotopic (exact) mass is 277 g/mol. The van der Waals surface area contributed by atoms with Crippen molar-refractivity contribution in [1.82, 2.24) is 5.32 Å². The van der Waals surface area contributed by atoms with Crippen LogP contribution in [0.1, 0.15) is 17.2 Å². The molecule has 0 fully saturated rings. The van der Waals surface area contributed by atoms with Crippen molar-refractivity contribution in [3.63, 3.8) is 0 Å². The molecular formula is C15H13F2NS. The number of fused-ring (bicyclic) bond motifs is 1. The summed E-state index contributed by atoms with van der Waals surface area (Å²) in [5.74, 6) is 0.156. The van der Waals surface area contributed by atoms with Gasteiger partial charge in [0.2, 0.25) is 0 Å². The summed E-state index contributed by atoms with van der Waals surface area (Å²) in [6.07, 6.45) is 0. The maximum Gasteiger partial charge on any atom is 0.127 e. The minimum Gasteiger partial charge on any atom is -0.305 e. The predicted octanol–water partition coefficient (Wildman–Crippen LogP) is 3.90. The Labute approximate surface area is 115 Å². The molecule has 0 spiro atoms. The molecule has 4 heteroatoms. The summed E-state index contributed by atoms with van der Waals surface area (Å²) in [6, 6.07) is 11.9. The fourth-order valence-electron chi connectivity index (χ4n) is 2.24. The molecule has 19 heavy (non-hydrogen) atoms. The molecule has 0 saturated carbocycles. The number of benzene rings is 2. The molecule has 0 radical (unpaired) electrons. The van der Waals surface area contributed by atoms with Crippen molar-refractivity contribution < 1.29 is 8.78 Å². The van der Waals surface area contributed by atoms with E-state index in [4.69, 9.17) is 0 Å². The Balaban J connectivity index is 1.72. The zero-order valence-electron chi connectivity index (χ0n) is 10.2. The zero-order valence-corrected chi connectivity index (χ0v) is 11.0. The molecule has 1 heterocycles. The van der Waals surface area contributed by atoms with E-state index in [2.05, 4.69) is 17.4 Å². The Kier molecular flexibility index (Phi) is 3.53. The lowest BCUT2D eigenvalue weighted by Gasteiger charge is -2.13. The third-order valence-corrected chi connectivity index (χ3v) is 4.43. The predicted molar refractivity (Wildman–Crippen MR) is 73.1 cm³/mol. The van der Waals surface area contributed by atoms with E-state index in [1.807, 2.05) is 12.1 Å². The van der Waals surface area contributed by atoms with Crippen LogP contribution >= 0.6 is 11.8 Å². The average Bonchev–Trinajstić information content (AvgIpc) is 2.83. The van der Waals surface area contributed by atoms with Gasteiger partial charge in [0.1, 0.15) is 11.6 Å². The van der Waals surface area contributed by atoms with E-state index in [1.54, 1.807) is 11.8 Å². The van der Waals surface area contributed by atoms with Crippen LogP contribution in [0.5, 0.6) is 0 Å². The molecule has 0 amide bonds. The van der Waals surface area contributed by atoms with E-state index >= 15 is 0 Å². The largest absolute Gasteiger partial charge is 0.305 e. The second-order valence-electron chi connectivity index (χ2n) is 4.52. The Morgan fingerprint density at radius 2 is 2.00 bits per heavy atom. The molecular weight excluding hydrogens is 264 g/mol. The summed E-state index contributed by atoms with van der Waals surface area (Å²) in [7, 11) is 0. The molecule has 1 N–H and O–H groups in total. The third-order valence-electron chi connectivity index (χ3n) is 3.25. The molecule has 1 nitrogen and oxygen atoms in total. The molecule has 1 aliphatic rings. The Morgan fingerprint density at radius 1 is 1.16 bits per heavy atom. The van der Waals surface area contributed by atoms with E-state index in [1.165, 1.54) is 22.6 Å². The van der Waals surface area contributed by atoms with Crippen LogP contribution in [0.15, 0.2) is 47.4 Å². The van der Waals surface area contributed by atoms with E-state index in [0.29, 0.717) is 12.1 Å². The standard InChI is InChI=1S/C15H13F2NS/c16-11-5-6-13(17)10(7-11)8-18-14-9-19-15-4-2-1-3-12(14)15/h1-7,14,18H,8-9H2. The van der Waals surface area contributed by atoms with Gasteiger partial charge < -0.3 is 5.32 Å². The fourth-order valence-corrected chi connectivity index (χ4v) is 3.44. The molecule has 0 saturated heterocycles. The van der Waals surface area contributed by atoms with Crippen molar-refractivity contribution in [3.8, 4) is 0 Å². The minimum atomic E-state index is -0.403. The van der Waals surface area contributed by atoms with Crippen LogP contribution < -0.4 is 5.32 Å². The van der Waals surface area contributed by atoms with Crippen molar-refractivity contribution in [2.45, 2.75) is 17.5 Å². The molecule has 2 aromatic rings. The Hall–Kier alpha value is -1.39. The van der Waals surface area contributed by atoms with Gasteiger partial charge in [-0.25, -0.2) is 8.78 Å². The molecule has 98 valence electrons. The second-order valence-corrected chi connectivity index (χ2v) is 5.58. The van der Waals surface area contributed by atoms with E-state index in [9.17, 15) is 8.78 Å². The first-order valence-electron chi connectivity index (χ1n) is 6.13. The van der Waals surface area contributed by atoms with Crippen LogP contribution in [-0.2, 0) is 6.54 Å². The minimum absolute atomic E-state index is 0.198. The van der Waals surface area contributed by atoms with E-state index < -0.39 is 5.82 Å². The van der Waals surface area contributed by atoms with Crippen molar-refractivity contribution in [2.24, 2.45) is 0 Å². The summed E-state index contributed by atoms with van der Waals surface area (Å²) < 4.78 is 26.6. The van der Waals surface area contributed by atoms with Gasteiger partial charge in [0.05, 0.1) is 0 Å². The van der Waals surface area contributed by atoms with E-state index in [0.717, 1.165) is 11.8 Å². The van der Waals surface area contributed by atoms with Crippen LogP contribution in [0.3, 0.4) is 0 Å². The summed E-state index contributed by atoms with van der Waals surface area (Å²) >= 11 is 1.79. The number of nitrogens with one attached hydrogen (secondary N) is 1. The van der Waals surface area contributed by atoms with Gasteiger partial charge in [-0.1, -0.05) is 18.2 Å². The summed E-state index contributed by atoms with van der Waals surface area (Å²) in [6.45, 7) is 0.336. The van der Waals surface area contributed by atoms with Gasteiger partial charge in [-0.15, -0.1) is 11.8 Å². The first kappa shape index (κ1) is 12.6. The maximum atomic E-state index is 13.5. The molecule has 1 unspecified atom stereocenters. The number of thioether (sulfide) groups is 1. The maximum absolute atomic E-state index is 13.5. The molecule has 0 aromatic heterocycles. The highest BCUT2D eigenvalue weighted by Crippen LogP contribution is 2.37. The lowest BCUT2D eigenvalue weighted by molar-refractivity contribution is 0.540. The lowest BCUT2D eigenvalue weighted by atomic mass is 10.1. The number of hydrogen-bond donors (Lipinski definition) is 1. The van der Waals surface area contributed by atoms with Crippen molar-refractivity contribution >= 4 is 11.8 Å². The summed E-state index contributed by atoms with van der Waals surface area (Å²) in [5.41, 5.74) is 1.61. The first-order chi connectivity index (χ1) is 9.24. The number of hydrogen-bond acceptors (Lipinski definition) is 2. The summed E-state index contributed by atoms with van der Waals surface area (Å²) in [5, 5.41) is 3.29. The van der Waals surface area contributed by atoms with Crippen molar-refractivity contribution in [2.75, 3.05) is 5.75 Å². The van der Waals surface area contributed by atoms with Crippen LogP contribution in [0.2, 0.25) is 0 Å². The van der Waals surface area contributed by atoms with Gasteiger partial charge in [0.25, 0.3) is 0 Å². The molecule has 3 rings (SSSR count). The zero-order chi connectivity index (χ0) is 13.2. The van der Waals surface area contributed by atoms with Crippen LogP contribution in [0.25, 0.3) is 0 Å². The Bertz CT molecular complexity index is 600. The molecule has 2 aromatic carbocycles. The highest BCUT2D eigenvalue weighted by atomic mass is 32.2. The van der Waals surface area contributed by atoms with Crippen LogP contribution in [0.4, 0.5) is 8.78 Å². The molecule has 1 atom stereocenters. The molecule has 0 bridgehead atoms. The highest BCUT2D eigenvalue weighted by molar-refractivity contribution is 7.99. The highest BCUT2D eigenvalue weighted by Gasteiger charge is 2.22. The van der Waals surface area contributed by atoms with Gasteiger partial charge in [0, 0.05) is 28.8 Å². The summed E-state index contributed by atoms with van der Waals surface area (Å²) in [4.78, 5) is 1.26. The number of rotatable bonds is 3. The average molecular weight is 277 g/mol.